The van der Waals surface area contributed by atoms with Crippen LogP contribution >= 0.6 is 0 Å². The molecule has 0 atom stereocenters. The van der Waals surface area contributed by atoms with Crippen LogP contribution in [0.25, 0.3) is 93.2 Å². The molecule has 62 heavy (non-hydrogen) atoms. The second kappa shape index (κ2) is 14.8. The molecule has 2 nitrogen and oxygen atoms in total. The summed E-state index contributed by atoms with van der Waals surface area (Å²) in [7, 11) is 0. The third kappa shape index (κ3) is 6.12. The Morgan fingerprint density at radius 1 is 0.258 bits per heavy atom. The first-order chi connectivity index (χ1) is 30.7. The van der Waals surface area contributed by atoms with Gasteiger partial charge >= 0.3 is 0 Å². The van der Waals surface area contributed by atoms with E-state index in [4.69, 9.17) is 0 Å². The Labute approximate surface area is 360 Å². The zero-order valence-electron chi connectivity index (χ0n) is 34.0. The van der Waals surface area contributed by atoms with Crippen molar-refractivity contribution in [2.45, 2.75) is 0 Å². The van der Waals surface area contributed by atoms with Crippen LogP contribution in [-0.2, 0) is 0 Å². The highest BCUT2D eigenvalue weighted by molar-refractivity contribution is 6.21. The highest BCUT2D eigenvalue weighted by atomic mass is 15.1. The fourth-order valence-electron chi connectivity index (χ4n) is 9.57. The highest BCUT2D eigenvalue weighted by Gasteiger charge is 2.18. The van der Waals surface area contributed by atoms with Gasteiger partial charge in [0.2, 0.25) is 0 Å². The van der Waals surface area contributed by atoms with Crippen molar-refractivity contribution in [1.82, 2.24) is 4.57 Å². The molecule has 0 saturated carbocycles. The van der Waals surface area contributed by atoms with E-state index in [1.165, 1.54) is 76.4 Å². The molecule has 12 rings (SSSR count). The molecule has 0 spiro atoms. The summed E-state index contributed by atoms with van der Waals surface area (Å²) < 4.78 is 2.45. The predicted octanol–water partition coefficient (Wildman–Crippen LogP) is 16.7. The van der Waals surface area contributed by atoms with Crippen molar-refractivity contribution in [2.24, 2.45) is 0 Å². The van der Waals surface area contributed by atoms with Gasteiger partial charge in [-0.2, -0.15) is 0 Å². The van der Waals surface area contributed by atoms with E-state index >= 15 is 0 Å². The second-order valence-corrected chi connectivity index (χ2v) is 16.2. The Morgan fingerprint density at radius 2 is 0.790 bits per heavy atom. The normalized spacial score (nSPS) is 11.5. The lowest BCUT2D eigenvalue weighted by Crippen LogP contribution is -2.10. The molecule has 1 heterocycles. The number of rotatable bonds is 7. The third-order valence-electron chi connectivity index (χ3n) is 12.5. The molecule has 0 radical (unpaired) electrons. The predicted molar refractivity (Wildman–Crippen MR) is 264 cm³/mol. The molecule has 0 unspecified atom stereocenters. The van der Waals surface area contributed by atoms with Crippen LogP contribution in [0.3, 0.4) is 0 Å². The van der Waals surface area contributed by atoms with Crippen LogP contribution in [0.4, 0.5) is 17.1 Å². The summed E-state index contributed by atoms with van der Waals surface area (Å²) >= 11 is 0. The van der Waals surface area contributed by atoms with Crippen LogP contribution in [0.2, 0.25) is 0 Å². The van der Waals surface area contributed by atoms with Gasteiger partial charge in [-0.3, -0.25) is 0 Å². The number of hydrogen-bond acceptors (Lipinski definition) is 1. The Bertz CT molecular complexity index is 3620. The van der Waals surface area contributed by atoms with Crippen LogP contribution in [0.1, 0.15) is 0 Å². The Kier molecular flexibility index (Phi) is 8.53. The SMILES string of the molecule is c1ccc(-c2cccc(N(c3ccc(-c4cc(-c5ccccc5)cc(-n5c6ccccc6c6c7ccccc7ccc65)c4)cc3)c3ccc4c(ccc5ccccc54)c3)c2)cc1. The van der Waals surface area contributed by atoms with E-state index in [9.17, 15) is 0 Å². The van der Waals surface area contributed by atoms with Crippen LogP contribution in [0.15, 0.2) is 243 Å². The van der Waals surface area contributed by atoms with E-state index in [-0.39, 0.29) is 0 Å². The van der Waals surface area contributed by atoms with E-state index in [2.05, 4.69) is 252 Å². The molecule has 1 aromatic heterocycles. The molecule has 0 N–H and O–H groups in total. The summed E-state index contributed by atoms with van der Waals surface area (Å²) in [6.45, 7) is 0. The Balaban J connectivity index is 1.02. The first-order valence-electron chi connectivity index (χ1n) is 21.3. The number of anilines is 3. The summed E-state index contributed by atoms with van der Waals surface area (Å²) in [5, 5.41) is 10.1. The van der Waals surface area contributed by atoms with Crippen molar-refractivity contribution >= 4 is 71.2 Å². The summed E-state index contributed by atoms with van der Waals surface area (Å²) in [6, 6.07) is 88.5. The summed E-state index contributed by atoms with van der Waals surface area (Å²) in [6.07, 6.45) is 0. The topological polar surface area (TPSA) is 8.17 Å². The summed E-state index contributed by atoms with van der Waals surface area (Å²) in [5.74, 6) is 0. The largest absolute Gasteiger partial charge is 0.310 e. The summed E-state index contributed by atoms with van der Waals surface area (Å²) in [5.41, 5.74) is 13.9. The Morgan fingerprint density at radius 3 is 1.55 bits per heavy atom. The molecule has 2 heteroatoms. The minimum absolute atomic E-state index is 1.09. The number of fused-ring (bicyclic) bond motifs is 8. The van der Waals surface area contributed by atoms with Crippen molar-refractivity contribution in [2.75, 3.05) is 4.90 Å². The quantitative estimate of drug-likeness (QED) is 0.146. The molecule has 0 aliphatic carbocycles. The lowest BCUT2D eigenvalue weighted by Gasteiger charge is -2.27. The monoisotopic (exact) mass is 788 g/mol. The molecule has 0 fully saturated rings. The Hall–Kier alpha value is -8.20. The van der Waals surface area contributed by atoms with Crippen LogP contribution in [0.5, 0.6) is 0 Å². The second-order valence-electron chi connectivity index (χ2n) is 16.2. The third-order valence-corrected chi connectivity index (χ3v) is 12.5. The number of hydrogen-bond donors (Lipinski definition) is 0. The van der Waals surface area contributed by atoms with Gasteiger partial charge in [-0.1, -0.05) is 176 Å². The van der Waals surface area contributed by atoms with Crippen LogP contribution in [0, 0.1) is 0 Å². The van der Waals surface area contributed by atoms with Crippen molar-refractivity contribution in [3.63, 3.8) is 0 Å². The minimum Gasteiger partial charge on any atom is -0.310 e. The number of aromatic nitrogens is 1. The van der Waals surface area contributed by atoms with Crippen molar-refractivity contribution in [3.8, 4) is 39.1 Å². The first kappa shape index (κ1) is 35.7. The molecule has 11 aromatic carbocycles. The smallest absolute Gasteiger partial charge is 0.0547 e. The molecular formula is C60H40N2. The number of benzene rings is 11. The van der Waals surface area contributed by atoms with E-state index in [1.54, 1.807) is 0 Å². The fourth-order valence-corrected chi connectivity index (χ4v) is 9.57. The van der Waals surface area contributed by atoms with Gasteiger partial charge in [0.05, 0.1) is 11.0 Å². The van der Waals surface area contributed by atoms with E-state index < -0.39 is 0 Å². The lowest BCUT2D eigenvalue weighted by molar-refractivity contribution is 1.18. The van der Waals surface area contributed by atoms with Crippen molar-refractivity contribution in [1.29, 1.82) is 0 Å². The zero-order valence-corrected chi connectivity index (χ0v) is 34.0. The van der Waals surface area contributed by atoms with Gasteiger partial charge in [0, 0.05) is 33.5 Å². The standard InChI is InChI=1S/C60H40N2/c1-3-14-41(15-4-1)46-20-13-21-51(37-46)61(52-33-34-55-47(38-52)27-26-44-18-7-9-22-54(44)55)50-31-28-43(29-32-50)49-36-48(42-16-5-2-6-17-42)39-53(40-49)62-58-25-12-11-24-57(58)60-56-23-10-8-19-45(56)30-35-59(60)62/h1-40H. The molecule has 290 valence electrons. The summed E-state index contributed by atoms with van der Waals surface area (Å²) in [4.78, 5) is 2.39. The van der Waals surface area contributed by atoms with Gasteiger partial charge in [-0.25, -0.2) is 0 Å². The van der Waals surface area contributed by atoms with Gasteiger partial charge < -0.3 is 9.47 Å². The fraction of sp³-hybridized carbons (Fsp3) is 0. The van der Waals surface area contributed by atoms with Crippen molar-refractivity contribution < 1.29 is 0 Å². The molecule has 12 aromatic rings. The van der Waals surface area contributed by atoms with Gasteiger partial charge in [-0.05, 0) is 132 Å². The molecule has 0 saturated heterocycles. The maximum atomic E-state index is 2.45. The van der Waals surface area contributed by atoms with E-state index in [0.29, 0.717) is 0 Å². The van der Waals surface area contributed by atoms with Gasteiger partial charge in [0.15, 0.2) is 0 Å². The maximum Gasteiger partial charge on any atom is 0.0547 e. The van der Waals surface area contributed by atoms with E-state index in [1.807, 2.05) is 0 Å². The molecular weight excluding hydrogens is 749 g/mol. The van der Waals surface area contributed by atoms with Gasteiger partial charge in [0.1, 0.15) is 0 Å². The van der Waals surface area contributed by atoms with Gasteiger partial charge in [0.25, 0.3) is 0 Å². The lowest BCUT2D eigenvalue weighted by atomic mass is 9.97. The average molecular weight is 789 g/mol. The average Bonchev–Trinajstić information content (AvgIpc) is 3.70. The first-order valence-corrected chi connectivity index (χ1v) is 21.3. The van der Waals surface area contributed by atoms with E-state index in [0.717, 1.165) is 33.9 Å². The van der Waals surface area contributed by atoms with Gasteiger partial charge in [-0.15, -0.1) is 0 Å². The molecule has 0 amide bonds. The highest BCUT2D eigenvalue weighted by Crippen LogP contribution is 2.42. The van der Waals surface area contributed by atoms with Crippen molar-refractivity contribution in [3.05, 3.63) is 243 Å². The minimum atomic E-state index is 1.09. The maximum absolute atomic E-state index is 2.45. The van der Waals surface area contributed by atoms with Crippen LogP contribution in [-0.4, -0.2) is 4.57 Å². The number of nitrogens with zero attached hydrogens (tertiary/aromatic N) is 2. The number of para-hydroxylation sites is 1. The zero-order chi connectivity index (χ0) is 41.0. The molecule has 0 aliphatic heterocycles. The van der Waals surface area contributed by atoms with Crippen LogP contribution < -0.4 is 4.90 Å². The molecule has 0 aliphatic rings. The molecule has 0 bridgehead atoms.